The molecule has 0 amide bonds. The normalized spacial score (nSPS) is 17.0. The van der Waals surface area contributed by atoms with Crippen molar-refractivity contribution in [3.8, 4) is 0 Å². The fraction of sp³-hybridized carbons (Fsp3) is 0.385. The van der Waals surface area contributed by atoms with Crippen molar-refractivity contribution in [2.75, 3.05) is 0 Å². The first-order valence-electron chi connectivity index (χ1n) is 6.56. The lowest BCUT2D eigenvalue weighted by molar-refractivity contribution is -0.0868. The molecule has 122 valence electrons. The largest absolute Gasteiger partial charge is 0.673 e. The molecule has 9 heteroatoms. The van der Waals surface area contributed by atoms with E-state index in [2.05, 4.69) is 0 Å². The van der Waals surface area contributed by atoms with Crippen molar-refractivity contribution >= 4 is 27.8 Å². The fourth-order valence-electron chi connectivity index (χ4n) is 2.36. The van der Waals surface area contributed by atoms with Crippen LogP contribution in [0, 0.1) is 0 Å². The van der Waals surface area contributed by atoms with Crippen LogP contribution in [0.2, 0.25) is 0 Å². The quantitative estimate of drug-likeness (QED) is 0.309. The zero-order valence-electron chi connectivity index (χ0n) is 11.2. The molecule has 1 atom stereocenters. The van der Waals surface area contributed by atoms with Crippen molar-refractivity contribution in [1.82, 2.24) is 0 Å². The van der Waals surface area contributed by atoms with Crippen LogP contribution in [0.3, 0.4) is 0 Å². The summed E-state index contributed by atoms with van der Waals surface area (Å²) in [4.78, 5) is 0.616. The SMILES string of the molecule is FC(F)(F)[s+]1c(C2CCC2)cc2ccccc21.F[B-](F)(F)F. The second kappa shape index (κ2) is 6.10. The fourth-order valence-corrected chi connectivity index (χ4v) is 4.52. The standard InChI is InChI=1S/C13H12F3S.BF4/c14-13(15,16)17-11-7-2-1-4-10(11)8-12(17)9-5-3-6-9;2-1(3,4)5/h1-2,4,7-9H,3,5-6H2;/q+1;-1. The highest BCUT2D eigenvalue weighted by Crippen LogP contribution is 2.55. The Balaban J connectivity index is 0.000000309. The van der Waals surface area contributed by atoms with E-state index in [4.69, 9.17) is 0 Å². The Morgan fingerprint density at radius 2 is 1.55 bits per heavy atom. The van der Waals surface area contributed by atoms with Gasteiger partial charge in [0.1, 0.15) is 0 Å². The molecule has 3 rings (SSSR count). The van der Waals surface area contributed by atoms with Gasteiger partial charge in [0.2, 0.25) is 0 Å². The molecule has 2 aromatic rings. The van der Waals surface area contributed by atoms with Crippen molar-refractivity contribution in [3.05, 3.63) is 35.2 Å². The molecule has 0 aliphatic heterocycles. The number of thiophene rings is 1. The maximum Gasteiger partial charge on any atom is 0.673 e. The van der Waals surface area contributed by atoms with Crippen LogP contribution in [-0.4, -0.2) is 7.25 Å². The summed E-state index contributed by atoms with van der Waals surface area (Å²) in [5.41, 5.74) is -4.13. The Bertz CT molecular complexity index is 634. The van der Waals surface area contributed by atoms with Crippen molar-refractivity contribution in [2.45, 2.75) is 30.7 Å². The minimum absolute atomic E-state index is 0.160. The molecule has 1 saturated carbocycles. The minimum atomic E-state index is -6.00. The van der Waals surface area contributed by atoms with Gasteiger partial charge in [-0.25, -0.2) is 0 Å². The summed E-state index contributed by atoms with van der Waals surface area (Å²) in [5.74, 6) is 0.160. The van der Waals surface area contributed by atoms with Gasteiger partial charge in [0.25, 0.3) is 0 Å². The second-order valence-electron chi connectivity index (χ2n) is 4.96. The summed E-state index contributed by atoms with van der Waals surface area (Å²) in [5, 5.41) is 0.759. The predicted molar refractivity (Wildman–Crippen MR) is 74.5 cm³/mol. The molecule has 0 nitrogen and oxygen atoms in total. The van der Waals surface area contributed by atoms with E-state index in [9.17, 15) is 30.4 Å². The molecule has 0 N–H and O–H groups in total. The van der Waals surface area contributed by atoms with Crippen molar-refractivity contribution in [1.29, 1.82) is 0 Å². The van der Waals surface area contributed by atoms with Crippen LogP contribution in [0.25, 0.3) is 10.1 Å². The van der Waals surface area contributed by atoms with E-state index in [1.54, 1.807) is 30.3 Å². The number of halogens is 7. The summed E-state index contributed by atoms with van der Waals surface area (Å²) in [6.07, 6.45) is 2.90. The van der Waals surface area contributed by atoms with E-state index < -0.39 is 23.2 Å². The van der Waals surface area contributed by atoms with E-state index in [0.29, 0.717) is 9.58 Å². The first kappa shape index (κ1) is 17.1. The molecule has 22 heavy (non-hydrogen) atoms. The first-order chi connectivity index (χ1) is 10.1. The zero-order chi connectivity index (χ0) is 16.5. The Labute approximate surface area is 125 Å². The lowest BCUT2D eigenvalue weighted by Crippen LogP contribution is -2.10. The highest BCUT2D eigenvalue weighted by Gasteiger charge is 2.49. The van der Waals surface area contributed by atoms with Gasteiger partial charge in [-0.1, -0.05) is 18.6 Å². The highest BCUT2D eigenvalue weighted by molar-refractivity contribution is 7.38. The Morgan fingerprint density at radius 1 is 1.00 bits per heavy atom. The smallest absolute Gasteiger partial charge is 0.418 e. The van der Waals surface area contributed by atoms with Crippen LogP contribution in [0.4, 0.5) is 30.4 Å². The Kier molecular flexibility index (Phi) is 4.74. The third kappa shape index (κ3) is 4.15. The van der Waals surface area contributed by atoms with Crippen LogP contribution in [-0.2, 0) is 5.51 Å². The first-order valence-corrected chi connectivity index (χ1v) is 7.79. The van der Waals surface area contributed by atoms with Crippen LogP contribution in [0.5, 0.6) is 0 Å². The number of rotatable bonds is 1. The van der Waals surface area contributed by atoms with Crippen LogP contribution in [0.1, 0.15) is 30.1 Å². The molecular weight excluding hydrogens is 332 g/mol. The zero-order valence-corrected chi connectivity index (χ0v) is 12.0. The van der Waals surface area contributed by atoms with Gasteiger partial charge in [-0.05, 0) is 25.0 Å². The monoisotopic (exact) mass is 344 g/mol. The average molecular weight is 344 g/mol. The van der Waals surface area contributed by atoms with E-state index in [0.717, 1.165) is 24.6 Å². The molecule has 0 spiro atoms. The summed E-state index contributed by atoms with van der Waals surface area (Å²) < 4.78 is 79.0. The number of alkyl halides is 3. The van der Waals surface area contributed by atoms with Gasteiger partial charge in [0.15, 0.2) is 9.58 Å². The molecule has 0 saturated heterocycles. The van der Waals surface area contributed by atoms with Crippen LogP contribution < -0.4 is 0 Å². The number of hydrogen-bond donors (Lipinski definition) is 0. The molecule has 0 bridgehead atoms. The van der Waals surface area contributed by atoms with Gasteiger partial charge < -0.3 is 17.3 Å². The molecule has 1 aromatic carbocycles. The molecule has 1 aromatic heterocycles. The third-order valence-electron chi connectivity index (χ3n) is 3.41. The second-order valence-corrected chi connectivity index (χ2v) is 6.95. The maximum atomic E-state index is 13.2. The van der Waals surface area contributed by atoms with Crippen molar-refractivity contribution in [2.24, 2.45) is 0 Å². The summed E-state index contributed by atoms with van der Waals surface area (Å²) >= 11 is 0. The molecule has 1 aliphatic rings. The van der Waals surface area contributed by atoms with Gasteiger partial charge in [0, 0.05) is 17.4 Å². The molecule has 1 heterocycles. The van der Waals surface area contributed by atoms with E-state index >= 15 is 0 Å². The lowest BCUT2D eigenvalue weighted by Gasteiger charge is -2.21. The van der Waals surface area contributed by atoms with Crippen molar-refractivity contribution < 1.29 is 30.4 Å². The Morgan fingerprint density at radius 3 is 2.00 bits per heavy atom. The number of hydrogen-bond acceptors (Lipinski definition) is 0. The third-order valence-corrected chi connectivity index (χ3v) is 5.61. The Hall–Kier alpha value is -1.25. The molecule has 0 radical (unpaired) electrons. The average Bonchev–Trinajstić information content (AvgIpc) is 2.61. The van der Waals surface area contributed by atoms with Gasteiger partial charge in [-0.2, -0.15) is 0 Å². The predicted octanol–water partition coefficient (Wildman–Crippen LogP) is 6.63. The lowest BCUT2D eigenvalue weighted by atomic mass is 9.84. The van der Waals surface area contributed by atoms with Gasteiger partial charge in [-0.3, -0.25) is 0 Å². The highest BCUT2D eigenvalue weighted by atomic mass is 32.2. The van der Waals surface area contributed by atoms with E-state index in [1.165, 1.54) is 0 Å². The summed E-state index contributed by atoms with van der Waals surface area (Å²) in [6, 6.07) is 8.68. The van der Waals surface area contributed by atoms with Crippen LogP contribution >= 0.6 is 10.5 Å². The number of benzene rings is 1. The van der Waals surface area contributed by atoms with Gasteiger partial charge in [-0.15, -0.1) is 13.2 Å². The van der Waals surface area contributed by atoms with Gasteiger partial charge in [0.05, 0.1) is 10.5 Å². The molecule has 1 fully saturated rings. The van der Waals surface area contributed by atoms with E-state index in [1.807, 2.05) is 0 Å². The number of fused-ring (bicyclic) bond motifs is 1. The van der Waals surface area contributed by atoms with E-state index in [-0.39, 0.29) is 5.92 Å². The molecule has 1 unspecified atom stereocenters. The van der Waals surface area contributed by atoms with Crippen molar-refractivity contribution in [3.63, 3.8) is 0 Å². The molecular formula is C13H12BF7S. The summed E-state index contributed by atoms with van der Waals surface area (Å²) in [6.45, 7) is 0. The minimum Gasteiger partial charge on any atom is -0.418 e. The maximum absolute atomic E-state index is 13.2. The van der Waals surface area contributed by atoms with Crippen LogP contribution in [0.15, 0.2) is 30.3 Å². The summed E-state index contributed by atoms with van der Waals surface area (Å²) in [7, 11) is -7.67. The molecule has 1 aliphatic carbocycles. The van der Waals surface area contributed by atoms with Gasteiger partial charge >= 0.3 is 12.8 Å². The topological polar surface area (TPSA) is 0 Å².